The van der Waals surface area contributed by atoms with E-state index in [4.69, 9.17) is 9.47 Å². The maximum atomic E-state index is 12.6. The van der Waals surface area contributed by atoms with E-state index >= 15 is 0 Å². The first-order valence-corrected chi connectivity index (χ1v) is 9.67. The number of thioether (sulfide) groups is 1. The lowest BCUT2D eigenvalue weighted by molar-refractivity contribution is -0.116. The Morgan fingerprint density at radius 3 is 2.56 bits per heavy atom. The molecule has 2 amide bonds. The zero-order valence-corrected chi connectivity index (χ0v) is 16.3. The van der Waals surface area contributed by atoms with Crippen molar-refractivity contribution in [3.05, 3.63) is 48.0 Å². The van der Waals surface area contributed by atoms with Gasteiger partial charge in [-0.15, -0.1) is 11.8 Å². The minimum atomic E-state index is -0.157. The molecule has 7 heteroatoms. The van der Waals surface area contributed by atoms with Gasteiger partial charge < -0.3 is 14.8 Å². The molecule has 1 aliphatic heterocycles. The summed E-state index contributed by atoms with van der Waals surface area (Å²) in [7, 11) is 3.17. The number of amides is 2. The first kappa shape index (κ1) is 19.1. The largest absolute Gasteiger partial charge is 0.497 e. The second-order valence-corrected chi connectivity index (χ2v) is 7.06. The number of carbonyl (C=O) groups excluding carboxylic acids is 2. The number of nitrogens with zero attached hydrogens (tertiary/aromatic N) is 1. The Morgan fingerprint density at radius 2 is 1.93 bits per heavy atom. The number of methoxy groups -OCH3 is 2. The lowest BCUT2D eigenvalue weighted by atomic mass is 10.1. The molecule has 1 heterocycles. The van der Waals surface area contributed by atoms with E-state index in [-0.39, 0.29) is 17.2 Å². The molecule has 3 rings (SSSR count). The van der Waals surface area contributed by atoms with Crippen LogP contribution in [0.15, 0.2) is 42.5 Å². The fourth-order valence-corrected chi connectivity index (χ4v) is 4.06. The van der Waals surface area contributed by atoms with Crippen molar-refractivity contribution in [2.24, 2.45) is 0 Å². The maximum Gasteiger partial charge on any atom is 0.238 e. The van der Waals surface area contributed by atoms with Crippen LogP contribution < -0.4 is 19.7 Å². The van der Waals surface area contributed by atoms with Gasteiger partial charge in [0.1, 0.15) is 16.9 Å². The molecule has 0 spiro atoms. The monoisotopic (exact) mass is 386 g/mol. The van der Waals surface area contributed by atoms with Crippen molar-refractivity contribution >= 4 is 35.0 Å². The van der Waals surface area contributed by atoms with Gasteiger partial charge in [0, 0.05) is 18.2 Å². The van der Waals surface area contributed by atoms with Crippen LogP contribution in [0.25, 0.3) is 0 Å². The molecule has 0 bridgehead atoms. The number of anilines is 2. The van der Waals surface area contributed by atoms with Gasteiger partial charge in [-0.25, -0.2) is 0 Å². The highest BCUT2D eigenvalue weighted by atomic mass is 32.2. The summed E-state index contributed by atoms with van der Waals surface area (Å²) in [5.74, 6) is 1.65. The summed E-state index contributed by atoms with van der Waals surface area (Å²) in [6, 6.07) is 13.0. The summed E-state index contributed by atoms with van der Waals surface area (Å²) in [5, 5.41) is 2.68. The molecule has 2 aromatic carbocycles. The Bertz CT molecular complexity index is 838. The third kappa shape index (κ3) is 4.03. The Balaban J connectivity index is 1.90. The smallest absolute Gasteiger partial charge is 0.238 e. The molecule has 1 saturated heterocycles. The van der Waals surface area contributed by atoms with Gasteiger partial charge in [0.05, 0.1) is 25.7 Å². The van der Waals surface area contributed by atoms with E-state index in [0.29, 0.717) is 29.4 Å². The minimum absolute atomic E-state index is 0.0248. The summed E-state index contributed by atoms with van der Waals surface area (Å²) in [5.41, 5.74) is 2.44. The molecular weight excluding hydrogens is 364 g/mol. The van der Waals surface area contributed by atoms with E-state index in [9.17, 15) is 9.59 Å². The molecule has 142 valence electrons. The zero-order valence-electron chi connectivity index (χ0n) is 15.5. The van der Waals surface area contributed by atoms with Crippen molar-refractivity contribution in [2.75, 3.05) is 30.2 Å². The Hall–Kier alpha value is -2.67. The van der Waals surface area contributed by atoms with Gasteiger partial charge in [-0.05, 0) is 29.8 Å². The number of carbonyl (C=O) groups is 2. The standard InChI is InChI=1S/C20H22N2O4S/c1-4-18(23)21-14-7-5-13(6-8-14)20-22(19(24)12-27-20)16-10-9-15(25-2)11-17(16)26-3/h5-11,20H,4,12H2,1-3H3,(H,21,23). The minimum Gasteiger partial charge on any atom is -0.497 e. The highest BCUT2D eigenvalue weighted by molar-refractivity contribution is 8.00. The van der Waals surface area contributed by atoms with Crippen molar-refractivity contribution in [3.8, 4) is 11.5 Å². The number of nitrogens with one attached hydrogen (secondary N) is 1. The molecule has 6 nitrogen and oxygen atoms in total. The van der Waals surface area contributed by atoms with E-state index in [2.05, 4.69) is 5.32 Å². The van der Waals surface area contributed by atoms with Gasteiger partial charge in [0.2, 0.25) is 11.8 Å². The van der Waals surface area contributed by atoms with Crippen molar-refractivity contribution < 1.29 is 19.1 Å². The lowest BCUT2D eigenvalue weighted by Gasteiger charge is -2.26. The molecule has 1 atom stereocenters. The zero-order chi connectivity index (χ0) is 19.4. The Labute approximate surface area is 162 Å². The van der Waals surface area contributed by atoms with Gasteiger partial charge in [0.15, 0.2) is 0 Å². The molecule has 0 saturated carbocycles. The topological polar surface area (TPSA) is 67.9 Å². The van der Waals surface area contributed by atoms with Crippen molar-refractivity contribution in [2.45, 2.75) is 18.7 Å². The van der Waals surface area contributed by atoms with E-state index < -0.39 is 0 Å². The molecule has 27 heavy (non-hydrogen) atoms. The summed E-state index contributed by atoms with van der Waals surface area (Å²) in [4.78, 5) is 25.9. The van der Waals surface area contributed by atoms with Crippen LogP contribution in [0.4, 0.5) is 11.4 Å². The molecular formula is C20H22N2O4S. The number of hydrogen-bond donors (Lipinski definition) is 1. The predicted molar refractivity (Wildman–Crippen MR) is 108 cm³/mol. The Morgan fingerprint density at radius 1 is 1.19 bits per heavy atom. The van der Waals surface area contributed by atoms with Crippen LogP contribution in [0, 0.1) is 0 Å². The molecule has 1 aliphatic rings. The van der Waals surface area contributed by atoms with Crippen molar-refractivity contribution in [1.29, 1.82) is 0 Å². The molecule has 0 aliphatic carbocycles. The number of benzene rings is 2. The predicted octanol–water partition coefficient (Wildman–Crippen LogP) is 3.83. The van der Waals surface area contributed by atoms with Gasteiger partial charge >= 0.3 is 0 Å². The number of ether oxygens (including phenoxy) is 2. The van der Waals surface area contributed by atoms with Crippen LogP contribution in [0.1, 0.15) is 24.3 Å². The van der Waals surface area contributed by atoms with Gasteiger partial charge in [-0.1, -0.05) is 19.1 Å². The molecule has 1 unspecified atom stereocenters. The summed E-state index contributed by atoms with van der Waals surface area (Å²) >= 11 is 1.56. The second-order valence-electron chi connectivity index (χ2n) is 5.99. The van der Waals surface area contributed by atoms with Gasteiger partial charge in [0.25, 0.3) is 0 Å². The van der Waals surface area contributed by atoms with E-state index in [1.54, 1.807) is 36.9 Å². The second kappa shape index (κ2) is 8.35. The first-order chi connectivity index (χ1) is 13.1. The molecule has 1 N–H and O–H groups in total. The number of hydrogen-bond acceptors (Lipinski definition) is 5. The SMILES string of the molecule is CCC(=O)Nc1ccc(C2SCC(=O)N2c2ccc(OC)cc2OC)cc1. The van der Waals surface area contributed by atoms with E-state index in [0.717, 1.165) is 11.3 Å². The average molecular weight is 386 g/mol. The van der Waals surface area contributed by atoms with Crippen molar-refractivity contribution in [1.82, 2.24) is 0 Å². The van der Waals surface area contributed by atoms with Crippen LogP contribution in [-0.2, 0) is 9.59 Å². The molecule has 0 radical (unpaired) electrons. The quantitative estimate of drug-likeness (QED) is 0.817. The lowest BCUT2D eigenvalue weighted by Crippen LogP contribution is -2.28. The van der Waals surface area contributed by atoms with Crippen molar-refractivity contribution in [3.63, 3.8) is 0 Å². The van der Waals surface area contributed by atoms with Crippen LogP contribution in [0.2, 0.25) is 0 Å². The third-order valence-corrected chi connectivity index (χ3v) is 5.53. The van der Waals surface area contributed by atoms with E-state index in [1.165, 1.54) is 0 Å². The van der Waals surface area contributed by atoms with E-state index in [1.807, 2.05) is 43.3 Å². The highest BCUT2D eigenvalue weighted by Gasteiger charge is 2.35. The third-order valence-electron chi connectivity index (χ3n) is 4.32. The van der Waals surface area contributed by atoms with Gasteiger partial charge in [-0.2, -0.15) is 0 Å². The van der Waals surface area contributed by atoms with Crippen LogP contribution >= 0.6 is 11.8 Å². The fraction of sp³-hybridized carbons (Fsp3) is 0.300. The summed E-state index contributed by atoms with van der Waals surface area (Å²) in [6.07, 6.45) is 0.430. The normalized spacial score (nSPS) is 16.3. The molecule has 1 fully saturated rings. The first-order valence-electron chi connectivity index (χ1n) is 8.63. The van der Waals surface area contributed by atoms with Gasteiger partial charge in [-0.3, -0.25) is 14.5 Å². The average Bonchev–Trinajstić information content (AvgIpc) is 3.09. The number of rotatable bonds is 6. The van der Waals surface area contributed by atoms with Crippen LogP contribution in [0.3, 0.4) is 0 Å². The molecule has 2 aromatic rings. The fourth-order valence-electron chi connectivity index (χ4n) is 2.90. The van der Waals surface area contributed by atoms with Crippen LogP contribution in [-0.4, -0.2) is 31.8 Å². The van der Waals surface area contributed by atoms with Crippen LogP contribution in [0.5, 0.6) is 11.5 Å². The highest BCUT2D eigenvalue weighted by Crippen LogP contribution is 2.45. The molecule has 0 aromatic heterocycles. The maximum absolute atomic E-state index is 12.6. The summed E-state index contributed by atoms with van der Waals surface area (Å²) in [6.45, 7) is 1.81. The Kier molecular flexibility index (Phi) is 5.91. The summed E-state index contributed by atoms with van der Waals surface area (Å²) < 4.78 is 10.7.